The van der Waals surface area contributed by atoms with Crippen molar-refractivity contribution in [3.63, 3.8) is 0 Å². The number of para-hydroxylation sites is 1. The van der Waals surface area contributed by atoms with E-state index in [1.165, 1.54) is 4.90 Å². The summed E-state index contributed by atoms with van der Waals surface area (Å²) in [5.74, 6) is 5.26. The molecule has 3 saturated heterocycles. The van der Waals surface area contributed by atoms with Gasteiger partial charge < -0.3 is 38.1 Å². The Morgan fingerprint density at radius 1 is 1.16 bits per heavy atom. The zero-order valence-corrected chi connectivity index (χ0v) is 27.4. The van der Waals surface area contributed by atoms with Crippen molar-refractivity contribution in [2.24, 2.45) is 0 Å². The number of carboxylic acid groups (broad SMARTS) is 1. The highest BCUT2D eigenvalue weighted by molar-refractivity contribution is 6.06. The van der Waals surface area contributed by atoms with E-state index in [4.69, 9.17) is 23.2 Å². The molecule has 0 saturated carbocycles. The molecule has 0 unspecified atom stereocenters. The van der Waals surface area contributed by atoms with Crippen LogP contribution in [-0.4, -0.2) is 87.9 Å². The Kier molecular flexibility index (Phi) is 7.80. The second kappa shape index (κ2) is 12.2. The molecule has 4 aromatic heterocycles. The lowest BCUT2D eigenvalue weighted by Gasteiger charge is -2.53. The summed E-state index contributed by atoms with van der Waals surface area (Å²) in [6, 6.07) is 7.52. The molecule has 13 nitrogen and oxygen atoms in total. The molecule has 3 aliphatic heterocycles. The number of carboxylic acids is 1. The van der Waals surface area contributed by atoms with Crippen LogP contribution in [0.15, 0.2) is 45.5 Å². The highest BCUT2D eigenvalue weighted by Crippen LogP contribution is 2.41. The average Bonchev–Trinajstić information content (AvgIpc) is 3.78. The van der Waals surface area contributed by atoms with Gasteiger partial charge in [0.05, 0.1) is 43.7 Å². The summed E-state index contributed by atoms with van der Waals surface area (Å²) in [7, 11) is 0. The zero-order valence-electron chi connectivity index (χ0n) is 27.4. The molecule has 258 valence electrons. The predicted molar refractivity (Wildman–Crippen MR) is 175 cm³/mol. The summed E-state index contributed by atoms with van der Waals surface area (Å²) < 4.78 is 57.6. The van der Waals surface area contributed by atoms with Crippen molar-refractivity contribution in [1.82, 2.24) is 20.1 Å². The number of ether oxygens (including phenoxy) is 3. The van der Waals surface area contributed by atoms with E-state index in [1.807, 2.05) is 13.0 Å². The third kappa shape index (κ3) is 5.35. The van der Waals surface area contributed by atoms with Crippen LogP contribution in [0.5, 0.6) is 5.88 Å². The first-order valence-corrected chi connectivity index (χ1v) is 16.2. The number of aromatic nitrogens is 4. The van der Waals surface area contributed by atoms with Crippen LogP contribution in [0.25, 0.3) is 22.1 Å². The quantitative estimate of drug-likeness (QED) is 0.244. The highest BCUT2D eigenvalue weighted by atomic mass is 19.3. The molecule has 1 N–H and O–H groups in total. The van der Waals surface area contributed by atoms with Crippen molar-refractivity contribution in [2.75, 3.05) is 42.7 Å². The molecule has 3 aliphatic rings. The number of aryl methyl sites for hydroxylation is 2. The van der Waals surface area contributed by atoms with Gasteiger partial charge in [0, 0.05) is 30.1 Å². The van der Waals surface area contributed by atoms with E-state index in [9.17, 15) is 18.7 Å². The molecule has 15 heteroatoms. The minimum Gasteiger partial charge on any atom is -0.480 e. The van der Waals surface area contributed by atoms with Gasteiger partial charge in [-0.1, -0.05) is 29.1 Å². The highest BCUT2D eigenvalue weighted by Gasteiger charge is 2.50. The molecule has 8 rings (SSSR count). The normalized spacial score (nSPS) is 21.5. The van der Waals surface area contributed by atoms with Gasteiger partial charge in [-0.3, -0.25) is 0 Å². The number of alkyl halides is 2. The maximum atomic E-state index is 14.1. The summed E-state index contributed by atoms with van der Waals surface area (Å²) >= 11 is 0. The van der Waals surface area contributed by atoms with Gasteiger partial charge in [-0.05, 0) is 39.0 Å². The number of aliphatic carboxylic acids is 1. The Hall–Kier alpha value is -5.33. The molecule has 7 heterocycles. The first-order chi connectivity index (χ1) is 24.1. The number of nitrogens with zero attached hydrogens (tertiary/aromatic N) is 6. The number of hydrogen-bond acceptors (Lipinski definition) is 12. The Labute approximate surface area is 284 Å². The van der Waals surface area contributed by atoms with Gasteiger partial charge in [-0.2, -0.15) is 0 Å². The molecule has 3 fully saturated rings. The van der Waals surface area contributed by atoms with Crippen molar-refractivity contribution in [1.29, 1.82) is 0 Å². The third-order valence-electron chi connectivity index (χ3n) is 9.66. The number of hydrogen-bond donors (Lipinski definition) is 1. The molecule has 50 heavy (non-hydrogen) atoms. The van der Waals surface area contributed by atoms with Crippen LogP contribution in [0.2, 0.25) is 0 Å². The smallest absolute Gasteiger partial charge is 0.326 e. The summed E-state index contributed by atoms with van der Waals surface area (Å²) in [5, 5.41) is 14.8. The van der Waals surface area contributed by atoms with E-state index in [2.05, 4.69) is 43.8 Å². The fourth-order valence-corrected chi connectivity index (χ4v) is 6.90. The largest absolute Gasteiger partial charge is 0.480 e. The molecule has 0 bridgehead atoms. The van der Waals surface area contributed by atoms with E-state index in [-0.39, 0.29) is 41.8 Å². The van der Waals surface area contributed by atoms with Crippen molar-refractivity contribution in [3.8, 4) is 17.7 Å². The average molecular weight is 687 g/mol. The maximum Gasteiger partial charge on any atom is 0.326 e. The van der Waals surface area contributed by atoms with E-state index >= 15 is 0 Å². The van der Waals surface area contributed by atoms with Crippen molar-refractivity contribution < 1.29 is 41.8 Å². The fourth-order valence-electron chi connectivity index (χ4n) is 6.90. The number of benzene rings is 1. The molecular weight excluding hydrogens is 654 g/mol. The van der Waals surface area contributed by atoms with Crippen LogP contribution >= 0.6 is 0 Å². The standard InChI is InChI=1S/C35H32F2N6O7/c1-18-23(19(2)50-41-18)9-8-21-12-25(42-10-11-47-35(20(42)3)16-46-17-35)33(38-14-21)48-22-13-26(34(44)45)43(15-22)32-29-28(39-31(40-32)30(36)37)24-6-4-5-7-27(24)49-29/h4-7,12,14,20,22,26,30H,10-11,13,15-17H2,1-3H3,(H,44,45)/t20-,22-,26-/m0/s1. The fraction of sp³-hybridized carbons (Fsp3) is 0.400. The molecule has 1 spiro atoms. The molecule has 0 aliphatic carbocycles. The second-order valence-electron chi connectivity index (χ2n) is 12.7. The third-order valence-corrected chi connectivity index (χ3v) is 9.66. The molecule has 3 atom stereocenters. The first kappa shape index (κ1) is 31.9. The van der Waals surface area contributed by atoms with Crippen LogP contribution in [0.3, 0.4) is 0 Å². The van der Waals surface area contributed by atoms with Crippen molar-refractivity contribution >= 4 is 39.5 Å². The van der Waals surface area contributed by atoms with Crippen molar-refractivity contribution in [2.45, 2.75) is 57.4 Å². The van der Waals surface area contributed by atoms with Crippen molar-refractivity contribution in [3.05, 3.63) is 64.9 Å². The summed E-state index contributed by atoms with van der Waals surface area (Å²) in [6.07, 6.45) is -2.08. The van der Waals surface area contributed by atoms with Crippen LogP contribution < -0.4 is 14.5 Å². The first-order valence-electron chi connectivity index (χ1n) is 16.2. The molecule has 0 radical (unpaired) electrons. The Balaban J connectivity index is 1.16. The lowest BCUT2D eigenvalue weighted by atomic mass is 9.90. The van der Waals surface area contributed by atoms with Gasteiger partial charge in [0.1, 0.15) is 40.3 Å². The van der Waals surface area contributed by atoms with E-state index < -0.39 is 36.0 Å². The van der Waals surface area contributed by atoms with Gasteiger partial charge in [0.25, 0.3) is 6.43 Å². The maximum absolute atomic E-state index is 14.1. The topological polar surface area (TPSA) is 149 Å². The van der Waals surface area contributed by atoms with Crippen LogP contribution in [0, 0.1) is 25.7 Å². The van der Waals surface area contributed by atoms with Gasteiger partial charge >= 0.3 is 5.97 Å². The summed E-state index contributed by atoms with van der Waals surface area (Å²) in [6.45, 7) is 7.58. The Bertz CT molecular complexity index is 2170. The lowest BCUT2D eigenvalue weighted by Crippen LogP contribution is -2.68. The Morgan fingerprint density at radius 2 is 1.98 bits per heavy atom. The molecular formula is C35H32F2N6O7. The van der Waals surface area contributed by atoms with Crippen LogP contribution in [0.1, 0.15) is 48.2 Å². The van der Waals surface area contributed by atoms with E-state index in [0.29, 0.717) is 65.6 Å². The second-order valence-corrected chi connectivity index (χ2v) is 12.7. The molecule has 5 aromatic rings. The van der Waals surface area contributed by atoms with Crippen LogP contribution in [0.4, 0.5) is 20.3 Å². The van der Waals surface area contributed by atoms with E-state index in [1.54, 1.807) is 37.4 Å². The van der Waals surface area contributed by atoms with E-state index in [0.717, 1.165) is 0 Å². The number of pyridine rings is 1. The number of halogens is 2. The van der Waals surface area contributed by atoms with Gasteiger partial charge in [0.15, 0.2) is 17.2 Å². The predicted octanol–water partition coefficient (Wildman–Crippen LogP) is 4.82. The minimum absolute atomic E-state index is 0.00790. The number of rotatable bonds is 6. The van der Waals surface area contributed by atoms with Crippen LogP contribution in [-0.2, 0) is 14.3 Å². The SMILES string of the molecule is Cc1noc(C)c1C#Cc1cnc(O[C@H]2C[C@@H](C(=O)O)N(c3nc(C(F)F)nc4c3oc3ccccc34)C2)c(N2CCOC3(COC3)[C@@H]2C)c1. The number of morpholine rings is 1. The summed E-state index contributed by atoms with van der Waals surface area (Å²) in [5.41, 5.74) is 2.89. The monoisotopic (exact) mass is 686 g/mol. The van der Waals surface area contributed by atoms with Gasteiger partial charge in [-0.25, -0.2) is 28.5 Å². The Morgan fingerprint density at radius 3 is 2.70 bits per heavy atom. The van der Waals surface area contributed by atoms with Gasteiger partial charge in [-0.15, -0.1) is 0 Å². The molecule has 0 amide bonds. The lowest BCUT2D eigenvalue weighted by molar-refractivity contribution is -0.228. The summed E-state index contributed by atoms with van der Waals surface area (Å²) in [4.78, 5) is 29.1. The number of carbonyl (C=O) groups is 1. The molecule has 1 aromatic carbocycles. The van der Waals surface area contributed by atoms with Gasteiger partial charge in [0.2, 0.25) is 5.88 Å². The zero-order chi connectivity index (χ0) is 34.7. The number of anilines is 2. The number of furan rings is 1. The number of fused-ring (bicyclic) bond motifs is 3. The minimum atomic E-state index is -2.99.